The van der Waals surface area contributed by atoms with E-state index in [1.165, 1.54) is 12.1 Å². The summed E-state index contributed by atoms with van der Waals surface area (Å²) in [7, 11) is -3.68. The predicted molar refractivity (Wildman–Crippen MR) is 82.5 cm³/mol. The van der Waals surface area contributed by atoms with Gasteiger partial charge in [0.1, 0.15) is 0 Å². The topological polar surface area (TPSA) is 92.4 Å². The van der Waals surface area contributed by atoms with Crippen LogP contribution in [0.3, 0.4) is 0 Å². The Hall–Kier alpha value is -1.89. The lowest BCUT2D eigenvalue weighted by molar-refractivity contribution is 0.273. The van der Waals surface area contributed by atoms with Crippen molar-refractivity contribution >= 4 is 15.7 Å². The van der Waals surface area contributed by atoms with E-state index in [9.17, 15) is 13.5 Å². The summed E-state index contributed by atoms with van der Waals surface area (Å²) >= 11 is 0. The van der Waals surface area contributed by atoms with Gasteiger partial charge >= 0.3 is 0 Å². The number of nitrogens with one attached hydrogen (secondary N) is 1. The molecule has 2 aromatic carbocycles. The van der Waals surface area contributed by atoms with Gasteiger partial charge in [0.15, 0.2) is 0 Å². The average Bonchev–Trinajstić information content (AvgIpc) is 2.47. The molecule has 0 radical (unpaired) electrons. The van der Waals surface area contributed by atoms with Gasteiger partial charge in [-0.3, -0.25) is 0 Å². The Morgan fingerprint density at radius 1 is 1.05 bits per heavy atom. The van der Waals surface area contributed by atoms with E-state index >= 15 is 0 Å². The van der Waals surface area contributed by atoms with Crippen LogP contribution in [0.1, 0.15) is 5.56 Å². The summed E-state index contributed by atoms with van der Waals surface area (Å²) in [6, 6.07) is 15.8. The molecule has 0 bridgehead atoms. The zero-order valence-electron chi connectivity index (χ0n) is 11.4. The van der Waals surface area contributed by atoms with Crippen LogP contribution in [0.2, 0.25) is 0 Å². The molecule has 0 amide bonds. The highest BCUT2D eigenvalue weighted by Gasteiger charge is 2.10. The highest BCUT2D eigenvalue weighted by Crippen LogP contribution is 2.15. The number of aliphatic hydroxyl groups excluding tert-OH is 1. The maximum atomic E-state index is 11.2. The Balaban J connectivity index is 2.05. The second kappa shape index (κ2) is 6.71. The zero-order chi connectivity index (χ0) is 15.3. The van der Waals surface area contributed by atoms with Crippen LogP contribution < -0.4 is 10.5 Å². The number of hydrogen-bond donors (Lipinski definition) is 3. The van der Waals surface area contributed by atoms with E-state index in [-0.39, 0.29) is 17.5 Å². The Morgan fingerprint density at radius 2 is 1.67 bits per heavy atom. The fraction of sp³-hybridized carbons (Fsp3) is 0.200. The van der Waals surface area contributed by atoms with Crippen LogP contribution in [0, 0.1) is 0 Å². The van der Waals surface area contributed by atoms with Crippen molar-refractivity contribution in [1.82, 2.24) is 0 Å². The molecule has 0 saturated carbocycles. The van der Waals surface area contributed by atoms with Crippen molar-refractivity contribution in [3.05, 3.63) is 60.2 Å². The lowest BCUT2D eigenvalue weighted by Crippen LogP contribution is -2.26. The Morgan fingerprint density at radius 3 is 2.19 bits per heavy atom. The summed E-state index contributed by atoms with van der Waals surface area (Å²) in [6.07, 6.45) is 0.675. The first-order valence-corrected chi connectivity index (χ1v) is 8.08. The number of primary sulfonamides is 1. The molecule has 0 aromatic heterocycles. The predicted octanol–water partition coefficient (Wildman–Crippen LogP) is 1.35. The molecular weight excluding hydrogens is 288 g/mol. The Labute approximate surface area is 124 Å². The molecule has 21 heavy (non-hydrogen) atoms. The third-order valence-electron chi connectivity index (χ3n) is 3.10. The summed E-state index contributed by atoms with van der Waals surface area (Å²) in [5.74, 6) is 0. The molecule has 1 unspecified atom stereocenters. The Bertz CT molecular complexity index is 670. The molecule has 0 spiro atoms. The van der Waals surface area contributed by atoms with Gasteiger partial charge in [0, 0.05) is 5.69 Å². The molecule has 4 N–H and O–H groups in total. The molecule has 0 aliphatic rings. The monoisotopic (exact) mass is 306 g/mol. The molecule has 5 nitrogen and oxygen atoms in total. The van der Waals surface area contributed by atoms with Crippen molar-refractivity contribution in [2.75, 3.05) is 11.9 Å². The van der Waals surface area contributed by atoms with Gasteiger partial charge < -0.3 is 10.4 Å². The lowest BCUT2D eigenvalue weighted by atomic mass is 10.1. The fourth-order valence-corrected chi connectivity index (χ4v) is 2.55. The van der Waals surface area contributed by atoms with E-state index in [2.05, 4.69) is 5.32 Å². The third kappa shape index (κ3) is 4.56. The van der Waals surface area contributed by atoms with Crippen molar-refractivity contribution < 1.29 is 13.5 Å². The summed E-state index contributed by atoms with van der Waals surface area (Å²) in [4.78, 5) is 0.0663. The molecule has 112 valence electrons. The molecule has 0 aliphatic carbocycles. The summed E-state index contributed by atoms with van der Waals surface area (Å²) in [5.41, 5.74) is 1.85. The van der Waals surface area contributed by atoms with Crippen LogP contribution >= 0.6 is 0 Å². The van der Waals surface area contributed by atoms with Crippen molar-refractivity contribution in [3.63, 3.8) is 0 Å². The van der Waals surface area contributed by atoms with Crippen LogP contribution in [-0.2, 0) is 16.4 Å². The molecular formula is C15H18N2O3S. The zero-order valence-corrected chi connectivity index (χ0v) is 12.3. The third-order valence-corrected chi connectivity index (χ3v) is 4.03. The minimum absolute atomic E-state index is 0.0220. The minimum atomic E-state index is -3.68. The molecule has 0 aliphatic heterocycles. The number of aliphatic hydroxyl groups is 1. The summed E-state index contributed by atoms with van der Waals surface area (Å²) in [6.45, 7) is -0.0220. The molecule has 0 fully saturated rings. The van der Waals surface area contributed by atoms with Gasteiger partial charge in [0.2, 0.25) is 10.0 Å². The van der Waals surface area contributed by atoms with Crippen molar-refractivity contribution in [2.45, 2.75) is 17.4 Å². The standard InChI is InChI=1S/C15H18N2O3S/c16-21(19,20)15-8-6-13(7-9-15)17-14(11-18)10-12-4-2-1-3-5-12/h1-9,14,17-18H,10-11H2,(H2,16,19,20). The quantitative estimate of drug-likeness (QED) is 0.751. The van der Waals surface area contributed by atoms with Crippen LogP contribution in [0.4, 0.5) is 5.69 Å². The van der Waals surface area contributed by atoms with E-state index in [0.29, 0.717) is 6.42 Å². The first-order chi connectivity index (χ1) is 9.99. The molecule has 6 heteroatoms. The molecule has 2 aromatic rings. The van der Waals surface area contributed by atoms with Gasteiger partial charge in [-0.15, -0.1) is 0 Å². The van der Waals surface area contributed by atoms with Crippen LogP contribution in [0.25, 0.3) is 0 Å². The van der Waals surface area contributed by atoms with Gasteiger partial charge in [-0.05, 0) is 36.2 Å². The van der Waals surface area contributed by atoms with E-state index in [1.807, 2.05) is 30.3 Å². The van der Waals surface area contributed by atoms with Crippen molar-refractivity contribution in [3.8, 4) is 0 Å². The molecule has 0 heterocycles. The molecule has 0 saturated heterocycles. The van der Waals surface area contributed by atoms with Crippen molar-refractivity contribution in [1.29, 1.82) is 0 Å². The second-order valence-electron chi connectivity index (χ2n) is 4.78. The van der Waals surface area contributed by atoms with Crippen LogP contribution in [0.5, 0.6) is 0 Å². The van der Waals surface area contributed by atoms with Gasteiger partial charge in [0.05, 0.1) is 17.5 Å². The van der Waals surface area contributed by atoms with E-state index < -0.39 is 10.0 Å². The first-order valence-electron chi connectivity index (χ1n) is 6.53. The number of nitrogens with two attached hydrogens (primary N) is 1. The smallest absolute Gasteiger partial charge is 0.238 e. The van der Waals surface area contributed by atoms with Gasteiger partial charge in [-0.25, -0.2) is 13.6 Å². The van der Waals surface area contributed by atoms with Gasteiger partial charge in [-0.1, -0.05) is 30.3 Å². The number of benzene rings is 2. The number of rotatable bonds is 6. The summed E-state index contributed by atoms with van der Waals surface area (Å²) < 4.78 is 22.4. The molecule has 2 rings (SSSR count). The lowest BCUT2D eigenvalue weighted by Gasteiger charge is -2.18. The van der Waals surface area contributed by atoms with Gasteiger partial charge in [-0.2, -0.15) is 0 Å². The maximum absolute atomic E-state index is 11.2. The first kappa shape index (κ1) is 15.5. The minimum Gasteiger partial charge on any atom is -0.394 e. The molecule has 1 atom stereocenters. The SMILES string of the molecule is NS(=O)(=O)c1ccc(NC(CO)Cc2ccccc2)cc1. The normalized spacial score (nSPS) is 12.9. The maximum Gasteiger partial charge on any atom is 0.238 e. The second-order valence-corrected chi connectivity index (χ2v) is 6.34. The van der Waals surface area contributed by atoms with Crippen molar-refractivity contribution in [2.24, 2.45) is 5.14 Å². The largest absolute Gasteiger partial charge is 0.394 e. The summed E-state index contributed by atoms with van der Waals surface area (Å²) in [5, 5.41) is 17.7. The van der Waals surface area contributed by atoms with Gasteiger partial charge in [0.25, 0.3) is 0 Å². The van der Waals surface area contributed by atoms with Crippen LogP contribution in [-0.4, -0.2) is 26.2 Å². The van der Waals surface area contributed by atoms with E-state index in [0.717, 1.165) is 11.3 Å². The number of sulfonamides is 1. The highest BCUT2D eigenvalue weighted by molar-refractivity contribution is 7.89. The van der Waals surface area contributed by atoms with Crippen LogP contribution in [0.15, 0.2) is 59.5 Å². The number of hydrogen-bond acceptors (Lipinski definition) is 4. The highest BCUT2D eigenvalue weighted by atomic mass is 32.2. The van der Waals surface area contributed by atoms with E-state index in [1.54, 1.807) is 12.1 Å². The Kier molecular flexibility index (Phi) is 4.95. The average molecular weight is 306 g/mol. The fourth-order valence-electron chi connectivity index (χ4n) is 2.04. The van der Waals surface area contributed by atoms with E-state index in [4.69, 9.17) is 5.14 Å². The number of anilines is 1.